The molecule has 1 aromatic carbocycles. The second-order valence-corrected chi connectivity index (χ2v) is 8.39. The molecule has 1 atom stereocenters. The third-order valence-electron chi connectivity index (χ3n) is 6.15. The smallest absolute Gasteiger partial charge is 0.247 e. The summed E-state index contributed by atoms with van der Waals surface area (Å²) in [5, 5.41) is 4.85. The predicted molar refractivity (Wildman–Crippen MR) is 140 cm³/mol. The Balaban J connectivity index is 1.48. The fraction of sp³-hybridized carbons (Fsp3) is 0.222. The summed E-state index contributed by atoms with van der Waals surface area (Å²) in [4.78, 5) is 23.1. The molecule has 0 aliphatic carbocycles. The van der Waals surface area contributed by atoms with Crippen molar-refractivity contribution in [1.29, 1.82) is 0 Å². The number of hydrogen-bond donors (Lipinski definition) is 2. The van der Waals surface area contributed by atoms with Crippen LogP contribution in [0.3, 0.4) is 0 Å². The largest absolute Gasteiger partial charge is 0.479 e. The number of pyridine rings is 2. The molecule has 2 aromatic heterocycles. The highest BCUT2D eigenvalue weighted by Gasteiger charge is 2.27. The molecule has 9 nitrogen and oxygen atoms in total. The van der Waals surface area contributed by atoms with Crippen molar-refractivity contribution in [2.45, 2.75) is 6.04 Å². The number of nitrogens with one attached hydrogen (secondary N) is 2. The molecule has 0 saturated carbocycles. The first-order chi connectivity index (χ1) is 17.7. The second kappa shape index (κ2) is 10.5. The molecule has 3 aromatic rings. The predicted octanol–water partition coefficient (Wildman–Crippen LogP) is 3.85. The maximum Gasteiger partial charge on any atom is 0.247 e. The van der Waals surface area contributed by atoms with Crippen molar-refractivity contribution < 1.29 is 14.3 Å². The molecule has 4 heterocycles. The minimum absolute atomic E-state index is 0.197. The maximum absolute atomic E-state index is 11.9. The van der Waals surface area contributed by atoms with Crippen LogP contribution in [0.15, 0.2) is 73.7 Å². The van der Waals surface area contributed by atoms with E-state index < -0.39 is 0 Å². The molecule has 2 aliphatic rings. The fourth-order valence-electron chi connectivity index (χ4n) is 4.40. The van der Waals surface area contributed by atoms with Crippen molar-refractivity contribution in [3.05, 3.63) is 90.4 Å². The Hall–Kier alpha value is -4.37. The summed E-state index contributed by atoms with van der Waals surface area (Å²) in [6.45, 7) is 6.50. The number of fused-ring (bicyclic) bond motifs is 1. The first-order valence-electron chi connectivity index (χ1n) is 11.7. The van der Waals surface area contributed by atoms with Crippen LogP contribution in [-0.4, -0.2) is 54.3 Å². The fourth-order valence-corrected chi connectivity index (χ4v) is 4.40. The number of morpholine rings is 1. The number of carbonyl (C=O) groups is 1. The summed E-state index contributed by atoms with van der Waals surface area (Å²) in [5.74, 6) is 1.10. The summed E-state index contributed by atoms with van der Waals surface area (Å²) < 4.78 is 11.1. The van der Waals surface area contributed by atoms with Crippen molar-refractivity contribution in [3.8, 4) is 5.88 Å². The summed E-state index contributed by atoms with van der Waals surface area (Å²) in [6, 6.07) is 13.5. The van der Waals surface area contributed by atoms with E-state index in [0.29, 0.717) is 24.8 Å². The summed E-state index contributed by atoms with van der Waals surface area (Å²) >= 11 is 0. The van der Waals surface area contributed by atoms with Crippen LogP contribution in [-0.2, 0) is 9.53 Å². The number of methoxy groups -OCH3 is 1. The first-order valence-corrected chi connectivity index (χ1v) is 11.7. The molecule has 9 heteroatoms. The molecule has 2 N–H and O–H groups in total. The van der Waals surface area contributed by atoms with Gasteiger partial charge in [-0.1, -0.05) is 18.7 Å². The number of benzene rings is 1. The van der Waals surface area contributed by atoms with Crippen LogP contribution in [0.2, 0.25) is 0 Å². The lowest BCUT2D eigenvalue weighted by Crippen LogP contribution is -2.37. The van der Waals surface area contributed by atoms with Gasteiger partial charge in [-0.25, -0.2) is 0 Å². The molecule has 36 heavy (non-hydrogen) atoms. The molecule has 1 unspecified atom stereocenters. The number of rotatable bonds is 7. The van der Waals surface area contributed by atoms with Gasteiger partial charge < -0.3 is 19.7 Å². The van der Waals surface area contributed by atoms with Crippen LogP contribution >= 0.6 is 0 Å². The molecule has 1 fully saturated rings. The van der Waals surface area contributed by atoms with Gasteiger partial charge in [-0.2, -0.15) is 4.98 Å². The van der Waals surface area contributed by atoms with E-state index in [4.69, 9.17) is 14.5 Å². The Morgan fingerprint density at radius 3 is 2.89 bits per heavy atom. The number of hydrogen-bond acceptors (Lipinski definition) is 8. The third kappa shape index (κ3) is 4.87. The number of aromatic nitrogens is 2. The maximum atomic E-state index is 11.9. The van der Waals surface area contributed by atoms with Gasteiger partial charge in [0.1, 0.15) is 17.5 Å². The number of ether oxygens (including phenoxy) is 2. The van der Waals surface area contributed by atoms with E-state index in [2.05, 4.69) is 27.2 Å². The van der Waals surface area contributed by atoms with Gasteiger partial charge in [-0.05, 0) is 59.2 Å². The lowest BCUT2D eigenvalue weighted by Gasteiger charge is -2.36. The van der Waals surface area contributed by atoms with Crippen molar-refractivity contribution in [2.24, 2.45) is 0 Å². The van der Waals surface area contributed by atoms with Crippen molar-refractivity contribution in [2.75, 3.05) is 49.1 Å². The molecular formula is C27H28N6O3. The average Bonchev–Trinajstić information content (AvgIpc) is 2.93. The zero-order valence-electron chi connectivity index (χ0n) is 20.1. The van der Waals surface area contributed by atoms with Gasteiger partial charge in [0, 0.05) is 37.4 Å². The molecule has 1 saturated heterocycles. The number of nitrogens with zero attached hydrogens (tertiary/aromatic N) is 4. The SMILES string of the molecule is C=CC(=O)Nc1cccc(C2c3ccncc3C=CN2Nc2ccc(N3CCOCC3)nc2OC)c1. The van der Waals surface area contributed by atoms with Gasteiger partial charge in [0.2, 0.25) is 11.8 Å². The van der Waals surface area contributed by atoms with Gasteiger partial charge in [0.25, 0.3) is 0 Å². The van der Waals surface area contributed by atoms with Crippen molar-refractivity contribution in [1.82, 2.24) is 15.0 Å². The lowest BCUT2D eigenvalue weighted by molar-refractivity contribution is -0.111. The van der Waals surface area contributed by atoms with Crippen LogP contribution in [0.4, 0.5) is 17.2 Å². The van der Waals surface area contributed by atoms with Gasteiger partial charge in [-0.3, -0.25) is 20.2 Å². The van der Waals surface area contributed by atoms with Crippen LogP contribution in [0.5, 0.6) is 5.88 Å². The standard InChI is InChI=1S/C27H28N6O3/c1-3-25(34)29-21-6-4-5-19(17-21)26-22-9-11-28-18-20(22)10-12-33(26)31-23-7-8-24(30-27(23)35-2)32-13-15-36-16-14-32/h3-12,17-18,26,31H,1,13-16H2,2H3,(H,29,34). The summed E-state index contributed by atoms with van der Waals surface area (Å²) in [6.07, 6.45) is 8.87. The topological polar surface area (TPSA) is 91.9 Å². The van der Waals surface area contributed by atoms with E-state index in [1.165, 1.54) is 6.08 Å². The molecule has 0 radical (unpaired) electrons. The Morgan fingerprint density at radius 1 is 1.22 bits per heavy atom. The highest BCUT2D eigenvalue weighted by atomic mass is 16.5. The Kier molecular flexibility index (Phi) is 6.81. The van der Waals surface area contributed by atoms with Gasteiger partial charge in [0.05, 0.1) is 20.3 Å². The van der Waals surface area contributed by atoms with E-state index >= 15 is 0 Å². The van der Waals surface area contributed by atoms with Crippen LogP contribution in [0.1, 0.15) is 22.7 Å². The molecule has 184 valence electrons. The highest BCUT2D eigenvalue weighted by molar-refractivity contribution is 5.98. The Bertz CT molecular complexity index is 1290. The molecule has 0 spiro atoms. The van der Waals surface area contributed by atoms with E-state index in [-0.39, 0.29) is 11.9 Å². The Labute approximate surface area is 210 Å². The quantitative estimate of drug-likeness (QED) is 0.489. The van der Waals surface area contributed by atoms with Crippen molar-refractivity contribution in [3.63, 3.8) is 0 Å². The zero-order chi connectivity index (χ0) is 24.9. The van der Waals surface area contributed by atoms with E-state index in [0.717, 1.165) is 41.3 Å². The summed E-state index contributed by atoms with van der Waals surface area (Å²) in [5.41, 5.74) is 7.99. The molecule has 2 aliphatic heterocycles. The van der Waals surface area contributed by atoms with Gasteiger partial charge in [-0.15, -0.1) is 0 Å². The normalized spacial score (nSPS) is 16.8. The number of hydrazine groups is 1. The monoisotopic (exact) mass is 484 g/mol. The first kappa shape index (κ1) is 23.4. The van der Waals surface area contributed by atoms with Gasteiger partial charge >= 0.3 is 0 Å². The minimum atomic E-state index is -0.258. The number of carbonyl (C=O) groups excluding carboxylic acids is 1. The number of anilines is 3. The van der Waals surface area contributed by atoms with Crippen molar-refractivity contribution >= 4 is 29.2 Å². The van der Waals surface area contributed by atoms with Crippen LogP contribution < -0.4 is 20.4 Å². The van der Waals surface area contributed by atoms with E-state index in [1.807, 2.05) is 65.9 Å². The minimum Gasteiger partial charge on any atom is -0.479 e. The van der Waals surface area contributed by atoms with E-state index in [9.17, 15) is 4.79 Å². The third-order valence-corrected chi connectivity index (χ3v) is 6.15. The molecule has 1 amide bonds. The highest BCUT2D eigenvalue weighted by Crippen LogP contribution is 2.37. The van der Waals surface area contributed by atoms with Crippen LogP contribution in [0, 0.1) is 0 Å². The second-order valence-electron chi connectivity index (χ2n) is 8.39. The van der Waals surface area contributed by atoms with Gasteiger partial charge in [0.15, 0.2) is 0 Å². The summed E-state index contributed by atoms with van der Waals surface area (Å²) in [7, 11) is 1.62. The number of amides is 1. The van der Waals surface area contributed by atoms with E-state index in [1.54, 1.807) is 13.3 Å². The van der Waals surface area contributed by atoms with Crippen LogP contribution in [0.25, 0.3) is 6.08 Å². The molecule has 0 bridgehead atoms. The zero-order valence-corrected chi connectivity index (χ0v) is 20.1. The Morgan fingerprint density at radius 2 is 2.08 bits per heavy atom. The lowest BCUT2D eigenvalue weighted by atomic mass is 9.93. The molecular weight excluding hydrogens is 456 g/mol. The average molecular weight is 485 g/mol. The molecule has 5 rings (SSSR count).